The van der Waals surface area contributed by atoms with E-state index in [2.05, 4.69) is 10.3 Å². The molecule has 0 N–H and O–H groups in total. The third-order valence-corrected chi connectivity index (χ3v) is 3.61. The highest BCUT2D eigenvalue weighted by Gasteiger charge is 2.06. The number of halogens is 1. The largest absolute Gasteiger partial charge is 0.439 e. The maximum Gasteiger partial charge on any atom is 0.332 e. The van der Waals surface area contributed by atoms with Crippen LogP contribution in [-0.2, 0) is 16.3 Å². The zero-order valence-corrected chi connectivity index (χ0v) is 13.2. The van der Waals surface area contributed by atoms with Crippen molar-refractivity contribution in [2.75, 3.05) is 0 Å². The zero-order valence-electron chi connectivity index (χ0n) is 12.4. The van der Waals surface area contributed by atoms with Gasteiger partial charge in [-0.25, -0.2) is 4.79 Å². The molecule has 24 heavy (non-hydrogen) atoms. The fourth-order valence-electron chi connectivity index (χ4n) is 2.05. The van der Waals surface area contributed by atoms with E-state index in [0.29, 0.717) is 21.5 Å². The van der Waals surface area contributed by atoms with E-state index in [1.807, 2.05) is 0 Å². The van der Waals surface area contributed by atoms with E-state index in [-0.39, 0.29) is 12.3 Å². The fraction of sp³-hybridized carbons (Fsp3) is 0.0588. The first kappa shape index (κ1) is 15.9. The predicted molar refractivity (Wildman–Crippen MR) is 90.4 cm³/mol. The first-order valence-corrected chi connectivity index (χ1v) is 7.45. The molecule has 0 saturated carbocycles. The van der Waals surface area contributed by atoms with Crippen LogP contribution in [0.15, 0.2) is 59.4 Å². The molecule has 0 bridgehead atoms. The van der Waals surface area contributed by atoms with Gasteiger partial charge < -0.3 is 4.74 Å². The van der Waals surface area contributed by atoms with Crippen molar-refractivity contribution in [2.45, 2.75) is 6.73 Å². The first-order chi connectivity index (χ1) is 11.6. The molecule has 3 aromatic rings. The van der Waals surface area contributed by atoms with Crippen LogP contribution in [0.25, 0.3) is 17.0 Å². The van der Waals surface area contributed by atoms with Crippen molar-refractivity contribution in [3.63, 3.8) is 0 Å². The van der Waals surface area contributed by atoms with E-state index in [1.165, 1.54) is 6.08 Å². The van der Waals surface area contributed by atoms with E-state index in [4.69, 9.17) is 16.3 Å². The first-order valence-electron chi connectivity index (χ1n) is 7.07. The quantitative estimate of drug-likeness (QED) is 0.538. The second-order valence-electron chi connectivity index (χ2n) is 4.86. The number of ether oxygens (including phenoxy) is 1. The molecule has 0 aliphatic rings. The summed E-state index contributed by atoms with van der Waals surface area (Å²) in [5.41, 5.74) is 0.811. The lowest BCUT2D eigenvalue weighted by molar-refractivity contribution is -0.141. The number of benzene rings is 2. The molecular weight excluding hydrogens is 330 g/mol. The van der Waals surface area contributed by atoms with E-state index in [1.54, 1.807) is 54.6 Å². The minimum atomic E-state index is -0.614. The Morgan fingerprint density at radius 2 is 1.92 bits per heavy atom. The van der Waals surface area contributed by atoms with E-state index >= 15 is 0 Å². The van der Waals surface area contributed by atoms with Gasteiger partial charge >= 0.3 is 5.97 Å². The molecule has 0 aliphatic heterocycles. The third-order valence-electron chi connectivity index (χ3n) is 3.26. The van der Waals surface area contributed by atoms with Gasteiger partial charge in [0, 0.05) is 11.1 Å². The van der Waals surface area contributed by atoms with Gasteiger partial charge in [-0.1, -0.05) is 47.1 Å². The second kappa shape index (κ2) is 7.06. The molecule has 2 aromatic carbocycles. The molecule has 0 aliphatic carbocycles. The van der Waals surface area contributed by atoms with Gasteiger partial charge in [-0.05, 0) is 29.8 Å². The van der Waals surface area contributed by atoms with Crippen molar-refractivity contribution in [1.29, 1.82) is 0 Å². The Bertz CT molecular complexity index is 982. The summed E-state index contributed by atoms with van der Waals surface area (Å²) in [4.78, 5) is 24.0. The number of hydrogen-bond acceptors (Lipinski definition) is 5. The van der Waals surface area contributed by atoms with Gasteiger partial charge in [0.05, 0.1) is 5.39 Å². The minimum absolute atomic E-state index is 0.317. The topological polar surface area (TPSA) is 74.1 Å². The Labute approximate surface area is 141 Å². The molecule has 120 valence electrons. The summed E-state index contributed by atoms with van der Waals surface area (Å²) >= 11 is 5.99. The highest BCUT2D eigenvalue weighted by molar-refractivity contribution is 6.32. The van der Waals surface area contributed by atoms with Crippen LogP contribution < -0.4 is 5.56 Å². The van der Waals surface area contributed by atoms with Crippen LogP contribution in [0.4, 0.5) is 0 Å². The van der Waals surface area contributed by atoms with Crippen molar-refractivity contribution >= 4 is 34.5 Å². The maximum atomic E-state index is 12.2. The lowest BCUT2D eigenvalue weighted by Gasteiger charge is -2.04. The molecule has 3 rings (SSSR count). The van der Waals surface area contributed by atoms with Crippen molar-refractivity contribution < 1.29 is 9.53 Å². The van der Waals surface area contributed by atoms with Crippen LogP contribution in [0, 0.1) is 0 Å². The molecule has 0 amide bonds. The van der Waals surface area contributed by atoms with Crippen LogP contribution in [0.3, 0.4) is 0 Å². The monoisotopic (exact) mass is 341 g/mol. The standard InChI is InChI=1S/C17H12ClN3O3/c18-14-7-3-1-5-12(14)9-10-16(22)24-11-21-17(23)13-6-2-4-8-15(13)19-20-21/h1-10H,11H2/b10-9+. The summed E-state index contributed by atoms with van der Waals surface area (Å²) < 4.78 is 6.00. The Balaban J connectivity index is 1.70. The third kappa shape index (κ3) is 3.49. The highest BCUT2D eigenvalue weighted by atomic mass is 35.5. The number of hydrogen-bond donors (Lipinski definition) is 0. The number of esters is 1. The normalized spacial score (nSPS) is 11.0. The number of carbonyl (C=O) groups excluding carboxylic acids is 1. The molecule has 0 fully saturated rings. The Hall–Kier alpha value is -2.99. The van der Waals surface area contributed by atoms with Gasteiger partial charge in [-0.2, -0.15) is 4.68 Å². The highest BCUT2D eigenvalue weighted by Crippen LogP contribution is 2.16. The summed E-state index contributed by atoms with van der Waals surface area (Å²) in [5.74, 6) is -0.614. The molecule has 0 atom stereocenters. The zero-order chi connectivity index (χ0) is 16.9. The van der Waals surface area contributed by atoms with Crippen molar-refractivity contribution in [3.8, 4) is 0 Å². The molecule has 0 spiro atoms. The molecule has 1 aromatic heterocycles. The van der Waals surface area contributed by atoms with Gasteiger partial charge in [0.15, 0.2) is 6.73 Å². The predicted octanol–water partition coefficient (Wildman–Crippen LogP) is 2.66. The van der Waals surface area contributed by atoms with Crippen molar-refractivity contribution in [2.24, 2.45) is 0 Å². The van der Waals surface area contributed by atoms with Crippen LogP contribution in [0.1, 0.15) is 5.56 Å². The average molecular weight is 342 g/mol. The number of carbonyl (C=O) groups is 1. The van der Waals surface area contributed by atoms with Gasteiger partial charge in [-0.15, -0.1) is 5.10 Å². The van der Waals surface area contributed by atoms with Gasteiger partial charge in [0.1, 0.15) is 5.52 Å². The van der Waals surface area contributed by atoms with Crippen molar-refractivity contribution in [3.05, 3.63) is 75.5 Å². The molecule has 1 heterocycles. The number of rotatable bonds is 4. The van der Waals surface area contributed by atoms with Crippen LogP contribution in [0.2, 0.25) is 5.02 Å². The molecule has 0 unspecified atom stereocenters. The van der Waals surface area contributed by atoms with Crippen molar-refractivity contribution in [1.82, 2.24) is 15.0 Å². The van der Waals surface area contributed by atoms with E-state index in [9.17, 15) is 9.59 Å². The minimum Gasteiger partial charge on any atom is -0.439 e. The summed E-state index contributed by atoms with van der Waals surface area (Å²) in [6, 6.07) is 13.9. The van der Waals surface area contributed by atoms with Crippen LogP contribution in [-0.4, -0.2) is 21.0 Å². The van der Waals surface area contributed by atoms with Gasteiger partial charge in [-0.3, -0.25) is 4.79 Å². The van der Waals surface area contributed by atoms with Gasteiger partial charge in [0.25, 0.3) is 5.56 Å². The second-order valence-corrected chi connectivity index (χ2v) is 5.27. The fourth-order valence-corrected chi connectivity index (χ4v) is 2.25. The molecular formula is C17H12ClN3O3. The lowest BCUT2D eigenvalue weighted by Crippen LogP contribution is -2.26. The van der Waals surface area contributed by atoms with E-state index in [0.717, 1.165) is 4.68 Å². The SMILES string of the molecule is O=C(/C=C/c1ccccc1Cl)OCn1nnc2ccccc2c1=O. The summed E-state index contributed by atoms with van der Waals surface area (Å²) in [7, 11) is 0. The maximum absolute atomic E-state index is 12.2. The molecule has 0 radical (unpaired) electrons. The molecule has 0 saturated heterocycles. The average Bonchev–Trinajstić information content (AvgIpc) is 2.61. The number of fused-ring (bicyclic) bond motifs is 1. The summed E-state index contributed by atoms with van der Waals surface area (Å²) in [6.45, 7) is -0.317. The van der Waals surface area contributed by atoms with Gasteiger partial charge in [0.2, 0.25) is 0 Å². The molecule has 6 nitrogen and oxygen atoms in total. The lowest BCUT2D eigenvalue weighted by atomic mass is 10.2. The smallest absolute Gasteiger partial charge is 0.332 e. The number of aromatic nitrogens is 3. The van der Waals surface area contributed by atoms with Crippen LogP contribution >= 0.6 is 11.6 Å². The Kier molecular flexibility index (Phi) is 4.67. The summed E-state index contributed by atoms with van der Waals surface area (Å²) in [6.07, 6.45) is 2.78. The summed E-state index contributed by atoms with van der Waals surface area (Å²) in [5, 5.41) is 8.59. The number of nitrogens with zero attached hydrogens (tertiary/aromatic N) is 3. The molecule has 7 heteroatoms. The Morgan fingerprint density at radius 3 is 2.75 bits per heavy atom. The van der Waals surface area contributed by atoms with Crippen LogP contribution in [0.5, 0.6) is 0 Å². The Morgan fingerprint density at radius 1 is 1.17 bits per heavy atom. The van der Waals surface area contributed by atoms with E-state index < -0.39 is 5.97 Å².